The molecule has 0 atom stereocenters. The Morgan fingerprint density at radius 2 is 1.83 bits per heavy atom. The van der Waals surface area contributed by atoms with Gasteiger partial charge in [-0.3, -0.25) is 15.0 Å². The van der Waals surface area contributed by atoms with Crippen LogP contribution in [0.1, 0.15) is 23.4 Å². The van der Waals surface area contributed by atoms with E-state index in [-0.39, 0.29) is 48.5 Å². The van der Waals surface area contributed by atoms with E-state index < -0.39 is 0 Å². The van der Waals surface area contributed by atoms with Crippen LogP contribution in [0.3, 0.4) is 0 Å². The summed E-state index contributed by atoms with van der Waals surface area (Å²) in [6.07, 6.45) is 7.23. The molecule has 2 amide bonds. The van der Waals surface area contributed by atoms with Gasteiger partial charge >= 0.3 is 0 Å². The number of benzene rings is 1. The van der Waals surface area contributed by atoms with Crippen molar-refractivity contribution in [1.29, 1.82) is 0 Å². The van der Waals surface area contributed by atoms with E-state index >= 15 is 0 Å². The zero-order valence-corrected chi connectivity index (χ0v) is 19.6. The number of carbonyl (C=O) groups excluding carboxylic acids is 2. The Labute approximate surface area is 207 Å². The van der Waals surface area contributed by atoms with Crippen LogP contribution in [-0.4, -0.2) is 56.0 Å². The van der Waals surface area contributed by atoms with Crippen LogP contribution in [0.15, 0.2) is 52.7 Å². The summed E-state index contributed by atoms with van der Waals surface area (Å²) in [5.41, 5.74) is 5.96. The number of rotatable bonds is 6. The number of hydrogen-bond acceptors (Lipinski definition) is 9. The number of anilines is 1. The van der Waals surface area contributed by atoms with Gasteiger partial charge in [0.1, 0.15) is 6.42 Å². The predicted molar refractivity (Wildman–Crippen MR) is 129 cm³/mol. The second kappa shape index (κ2) is 10.6. The molecule has 0 radical (unpaired) electrons. The molecular weight excluding hydrogens is 472 g/mol. The van der Waals surface area contributed by atoms with Crippen molar-refractivity contribution in [1.82, 2.24) is 30.5 Å². The van der Waals surface area contributed by atoms with Crippen LogP contribution in [0, 0.1) is 0 Å². The van der Waals surface area contributed by atoms with E-state index in [2.05, 4.69) is 55.2 Å². The Kier molecular flexibility index (Phi) is 7.37. The van der Waals surface area contributed by atoms with Gasteiger partial charge in [-0.15, -0.1) is 22.6 Å². The second-order valence-electron chi connectivity index (χ2n) is 8.28. The third kappa shape index (κ3) is 5.47. The van der Waals surface area contributed by atoms with Gasteiger partial charge in [0.05, 0.1) is 5.56 Å². The third-order valence-electron chi connectivity index (χ3n) is 6.04. The highest BCUT2D eigenvalue weighted by Crippen LogP contribution is 2.24. The lowest BCUT2D eigenvalue weighted by atomic mass is 10.1. The molecule has 0 saturated heterocycles. The number of nitrogens with two attached hydrogens (primary N) is 1. The van der Waals surface area contributed by atoms with Crippen molar-refractivity contribution in [2.24, 2.45) is 5.84 Å². The maximum Gasteiger partial charge on any atom is 0.260 e. The summed E-state index contributed by atoms with van der Waals surface area (Å²) in [5.74, 6) is 5.66. The first-order chi connectivity index (χ1) is 16.6. The lowest BCUT2D eigenvalue weighted by molar-refractivity contribution is -0.131. The molecule has 2 aromatic heterocycles. The van der Waals surface area contributed by atoms with Gasteiger partial charge < -0.3 is 14.6 Å². The molecule has 3 aromatic rings. The zero-order chi connectivity index (χ0) is 23.5. The van der Waals surface area contributed by atoms with Crippen LogP contribution in [-0.2, 0) is 28.9 Å². The number of amides is 2. The fourth-order valence-corrected chi connectivity index (χ4v) is 4.23. The minimum absolute atomic E-state index is 0. The quantitative estimate of drug-likeness (QED) is 0.260. The Hall–Kier alpha value is -3.83. The van der Waals surface area contributed by atoms with Crippen LogP contribution >= 0.6 is 12.4 Å². The van der Waals surface area contributed by atoms with Crippen molar-refractivity contribution >= 4 is 30.2 Å². The SMILES string of the molecule is Cl.NNC(=O)C1=CCN(C(=O)Cc2nnc(-c3cnc(NC4Cc5ccccc5C4)nc3)o2)CC1. The average Bonchev–Trinajstić information content (AvgIpc) is 3.50. The van der Waals surface area contributed by atoms with Crippen molar-refractivity contribution in [3.8, 4) is 11.5 Å². The van der Waals surface area contributed by atoms with Crippen molar-refractivity contribution in [2.75, 3.05) is 18.4 Å². The van der Waals surface area contributed by atoms with Gasteiger partial charge in [0.2, 0.25) is 17.7 Å². The predicted octanol–water partition coefficient (Wildman–Crippen LogP) is 1.22. The van der Waals surface area contributed by atoms with E-state index in [1.807, 2.05) is 0 Å². The molecule has 35 heavy (non-hydrogen) atoms. The monoisotopic (exact) mass is 496 g/mol. The van der Waals surface area contributed by atoms with Gasteiger partial charge in [-0.05, 0) is 30.4 Å². The summed E-state index contributed by atoms with van der Waals surface area (Å²) in [6, 6.07) is 8.68. The molecule has 3 heterocycles. The number of hydrogen-bond donors (Lipinski definition) is 3. The summed E-state index contributed by atoms with van der Waals surface area (Å²) in [7, 11) is 0. The summed E-state index contributed by atoms with van der Waals surface area (Å²) in [6.45, 7) is 0.754. The molecule has 0 bridgehead atoms. The highest BCUT2D eigenvalue weighted by Gasteiger charge is 2.23. The smallest absolute Gasteiger partial charge is 0.260 e. The Morgan fingerprint density at radius 1 is 1.11 bits per heavy atom. The molecule has 1 aliphatic heterocycles. The maximum absolute atomic E-state index is 12.6. The molecule has 182 valence electrons. The molecule has 12 heteroatoms. The largest absolute Gasteiger partial charge is 0.420 e. The number of aromatic nitrogens is 4. The summed E-state index contributed by atoms with van der Waals surface area (Å²) >= 11 is 0. The standard InChI is InChI=1S/C23H24N8O3.ClH/c24-28-21(33)14-5-7-31(8-6-14)20(32)11-19-29-30-22(34-19)17-12-25-23(26-13-17)27-18-9-15-3-1-2-4-16(15)10-18;/h1-5,12-13,18H,6-11,24H2,(H,28,33)(H,25,26,27);1H. The molecule has 1 aliphatic carbocycles. The van der Waals surface area contributed by atoms with Crippen LogP contribution in [0.25, 0.3) is 11.5 Å². The Bertz CT molecular complexity index is 1220. The third-order valence-corrected chi connectivity index (χ3v) is 6.04. The second-order valence-corrected chi connectivity index (χ2v) is 8.28. The molecule has 0 fully saturated rings. The van der Waals surface area contributed by atoms with Crippen molar-refractivity contribution in [3.63, 3.8) is 0 Å². The van der Waals surface area contributed by atoms with Gasteiger partial charge in [0, 0.05) is 37.1 Å². The molecule has 4 N–H and O–H groups in total. The Morgan fingerprint density at radius 3 is 2.46 bits per heavy atom. The maximum atomic E-state index is 12.6. The van der Waals surface area contributed by atoms with Crippen LogP contribution < -0.4 is 16.6 Å². The Balaban J connectivity index is 0.00000289. The highest BCUT2D eigenvalue weighted by molar-refractivity contribution is 5.93. The van der Waals surface area contributed by atoms with Crippen molar-refractivity contribution < 1.29 is 14.0 Å². The van der Waals surface area contributed by atoms with E-state index in [1.165, 1.54) is 11.1 Å². The molecule has 5 rings (SSSR count). The van der Waals surface area contributed by atoms with Gasteiger partial charge in [-0.25, -0.2) is 15.8 Å². The van der Waals surface area contributed by atoms with E-state index in [0.717, 1.165) is 12.8 Å². The van der Waals surface area contributed by atoms with Crippen LogP contribution in [0.2, 0.25) is 0 Å². The number of hydrazine groups is 1. The van der Waals surface area contributed by atoms with E-state index in [0.29, 0.717) is 36.6 Å². The summed E-state index contributed by atoms with van der Waals surface area (Å²) < 4.78 is 5.66. The van der Waals surface area contributed by atoms with Crippen molar-refractivity contribution in [2.45, 2.75) is 31.7 Å². The van der Waals surface area contributed by atoms with E-state index in [4.69, 9.17) is 10.3 Å². The molecule has 0 saturated carbocycles. The molecule has 0 spiro atoms. The topological polar surface area (TPSA) is 152 Å². The van der Waals surface area contributed by atoms with Crippen molar-refractivity contribution in [3.05, 3.63) is 65.3 Å². The molecular formula is C23H25ClN8O3. The van der Waals surface area contributed by atoms with Gasteiger partial charge in [-0.1, -0.05) is 30.3 Å². The first kappa shape index (κ1) is 24.3. The van der Waals surface area contributed by atoms with Crippen LogP contribution in [0.4, 0.5) is 5.95 Å². The lowest BCUT2D eigenvalue weighted by Gasteiger charge is -2.25. The van der Waals surface area contributed by atoms with E-state index in [9.17, 15) is 9.59 Å². The fraction of sp³-hybridized carbons (Fsp3) is 0.304. The minimum Gasteiger partial charge on any atom is -0.420 e. The van der Waals surface area contributed by atoms with Gasteiger partial charge in [0.25, 0.3) is 11.8 Å². The lowest BCUT2D eigenvalue weighted by Crippen LogP contribution is -2.39. The first-order valence-corrected chi connectivity index (χ1v) is 11.0. The molecule has 0 unspecified atom stereocenters. The molecule has 2 aliphatic rings. The fourth-order valence-electron chi connectivity index (χ4n) is 4.23. The molecule has 11 nitrogen and oxygen atoms in total. The summed E-state index contributed by atoms with van der Waals surface area (Å²) in [4.78, 5) is 34.5. The normalized spacial score (nSPS) is 15.1. The average molecular weight is 497 g/mol. The number of nitrogens with zero attached hydrogens (tertiary/aromatic N) is 5. The van der Waals surface area contributed by atoms with Gasteiger partial charge in [0.15, 0.2) is 0 Å². The molecule has 1 aromatic carbocycles. The van der Waals surface area contributed by atoms with E-state index in [1.54, 1.807) is 23.4 Å². The van der Waals surface area contributed by atoms with Gasteiger partial charge in [-0.2, -0.15) is 0 Å². The number of carbonyl (C=O) groups is 2. The number of halogens is 1. The first-order valence-electron chi connectivity index (χ1n) is 11.0. The zero-order valence-electron chi connectivity index (χ0n) is 18.8. The summed E-state index contributed by atoms with van der Waals surface area (Å²) in [5, 5.41) is 11.4. The number of fused-ring (bicyclic) bond motifs is 1. The number of nitrogens with one attached hydrogen (secondary N) is 2. The minimum atomic E-state index is -0.328. The van der Waals surface area contributed by atoms with Crippen LogP contribution in [0.5, 0.6) is 0 Å². The highest BCUT2D eigenvalue weighted by atomic mass is 35.5.